The minimum Gasteiger partial charge on any atom is -0.355 e. The van der Waals surface area contributed by atoms with Gasteiger partial charge < -0.3 is 10.2 Å². The van der Waals surface area contributed by atoms with Gasteiger partial charge in [-0.25, -0.2) is 8.42 Å². The maximum atomic E-state index is 14.1. The quantitative estimate of drug-likeness (QED) is 0.362. The van der Waals surface area contributed by atoms with Gasteiger partial charge in [0.1, 0.15) is 12.6 Å². The first-order chi connectivity index (χ1) is 18.5. The molecular weight excluding hydrogens is 510 g/mol. The first-order valence-corrected chi connectivity index (χ1v) is 14.7. The third-order valence-corrected chi connectivity index (χ3v) is 8.68. The number of aryl methyl sites for hydroxylation is 3. The molecule has 0 heterocycles. The highest BCUT2D eigenvalue weighted by Crippen LogP contribution is 2.29. The van der Waals surface area contributed by atoms with Gasteiger partial charge in [-0.3, -0.25) is 13.9 Å². The summed E-state index contributed by atoms with van der Waals surface area (Å²) in [6, 6.07) is 19.0. The molecule has 0 aliphatic carbocycles. The summed E-state index contributed by atoms with van der Waals surface area (Å²) in [5.74, 6) is -0.716. The van der Waals surface area contributed by atoms with E-state index in [0.717, 1.165) is 27.8 Å². The second-order valence-electron chi connectivity index (χ2n) is 9.87. The van der Waals surface area contributed by atoms with Crippen molar-refractivity contribution in [1.82, 2.24) is 10.2 Å². The molecule has 208 valence electrons. The molecule has 0 fully saturated rings. The molecule has 1 atom stereocenters. The number of carbonyl (C=O) groups excluding carboxylic acids is 2. The van der Waals surface area contributed by atoms with E-state index < -0.39 is 28.5 Å². The average molecular weight is 550 g/mol. The number of hydrogen-bond donors (Lipinski definition) is 1. The van der Waals surface area contributed by atoms with E-state index >= 15 is 0 Å². The second kappa shape index (κ2) is 12.9. The van der Waals surface area contributed by atoms with Gasteiger partial charge in [-0.15, -0.1) is 0 Å². The molecule has 0 aromatic heterocycles. The summed E-state index contributed by atoms with van der Waals surface area (Å²) in [7, 11) is -4.10. The highest BCUT2D eigenvalue weighted by atomic mass is 32.2. The third kappa shape index (κ3) is 7.06. The smallest absolute Gasteiger partial charge is 0.264 e. The number of rotatable bonds is 11. The topological polar surface area (TPSA) is 86.8 Å². The van der Waals surface area contributed by atoms with Crippen LogP contribution in [0, 0.1) is 27.7 Å². The third-order valence-electron chi connectivity index (χ3n) is 6.90. The summed E-state index contributed by atoms with van der Waals surface area (Å²) in [5.41, 5.74) is 4.94. The minimum atomic E-state index is -4.10. The molecule has 3 aromatic rings. The number of nitrogens with one attached hydrogen (secondary N) is 1. The lowest BCUT2D eigenvalue weighted by atomic mass is 10.1. The summed E-state index contributed by atoms with van der Waals surface area (Å²) in [4.78, 5) is 28.7. The normalized spacial score (nSPS) is 12.1. The minimum absolute atomic E-state index is 0.0998. The molecule has 7 nitrogen and oxygen atoms in total. The Kier molecular flexibility index (Phi) is 9.92. The van der Waals surface area contributed by atoms with Crippen molar-refractivity contribution < 1.29 is 18.0 Å². The number of anilines is 1. The fourth-order valence-electron chi connectivity index (χ4n) is 4.58. The highest BCUT2D eigenvalue weighted by molar-refractivity contribution is 7.92. The number of nitrogens with zero attached hydrogens (tertiary/aromatic N) is 2. The van der Waals surface area contributed by atoms with Gasteiger partial charge in [-0.05, 0) is 75.9 Å². The fraction of sp³-hybridized carbons (Fsp3) is 0.355. The van der Waals surface area contributed by atoms with E-state index in [4.69, 9.17) is 0 Å². The Hall–Kier alpha value is -3.65. The molecule has 0 saturated carbocycles. The van der Waals surface area contributed by atoms with Crippen molar-refractivity contribution in [3.63, 3.8) is 0 Å². The summed E-state index contributed by atoms with van der Waals surface area (Å²) in [5, 5.41) is 2.83. The molecule has 0 saturated heterocycles. The predicted molar refractivity (Wildman–Crippen MR) is 156 cm³/mol. The van der Waals surface area contributed by atoms with Crippen LogP contribution < -0.4 is 9.62 Å². The molecular formula is C31H39N3O4S. The van der Waals surface area contributed by atoms with Gasteiger partial charge in [0.25, 0.3) is 10.0 Å². The lowest BCUT2D eigenvalue weighted by Crippen LogP contribution is -2.52. The van der Waals surface area contributed by atoms with Crippen molar-refractivity contribution >= 4 is 27.5 Å². The Morgan fingerprint density at radius 3 is 2.15 bits per heavy atom. The summed E-state index contributed by atoms with van der Waals surface area (Å²) < 4.78 is 29.2. The molecule has 0 aliphatic rings. The Labute approximate surface area is 232 Å². The van der Waals surface area contributed by atoms with Crippen molar-refractivity contribution in [2.24, 2.45) is 0 Å². The van der Waals surface area contributed by atoms with Crippen LogP contribution in [0.15, 0.2) is 71.6 Å². The Morgan fingerprint density at radius 1 is 0.872 bits per heavy atom. The lowest BCUT2D eigenvalue weighted by Gasteiger charge is -2.33. The van der Waals surface area contributed by atoms with Gasteiger partial charge in [0.15, 0.2) is 0 Å². The molecule has 1 N–H and O–H groups in total. The van der Waals surface area contributed by atoms with Gasteiger partial charge in [0.05, 0.1) is 10.6 Å². The standard InChI is InChI=1S/C31H39N3O4S/c1-7-28(31(36)32-8-2)33(20-26-13-9-11-23(4)19-26)30(35)21-34(29-14-10-12-24(5)25(29)6)39(37,38)27-17-15-22(3)16-18-27/h9-19,28H,7-8,20-21H2,1-6H3,(H,32,36)/t28-/m0/s1. The lowest BCUT2D eigenvalue weighted by molar-refractivity contribution is -0.140. The van der Waals surface area contributed by atoms with Crippen LogP contribution in [0.2, 0.25) is 0 Å². The zero-order chi connectivity index (χ0) is 28.7. The van der Waals surface area contributed by atoms with E-state index in [0.29, 0.717) is 18.7 Å². The van der Waals surface area contributed by atoms with Crippen LogP contribution in [-0.4, -0.2) is 44.3 Å². The molecule has 0 unspecified atom stereocenters. The maximum Gasteiger partial charge on any atom is 0.264 e. The Balaban J connectivity index is 2.11. The van der Waals surface area contributed by atoms with E-state index in [1.807, 2.05) is 71.9 Å². The summed E-state index contributed by atoms with van der Waals surface area (Å²) >= 11 is 0. The number of amides is 2. The zero-order valence-corrected chi connectivity index (χ0v) is 24.5. The molecule has 39 heavy (non-hydrogen) atoms. The monoisotopic (exact) mass is 549 g/mol. The van der Waals surface area contributed by atoms with Gasteiger partial charge >= 0.3 is 0 Å². The molecule has 0 bridgehead atoms. The molecule has 3 aromatic carbocycles. The van der Waals surface area contributed by atoms with Crippen LogP contribution in [-0.2, 0) is 26.2 Å². The van der Waals surface area contributed by atoms with E-state index in [2.05, 4.69) is 5.32 Å². The van der Waals surface area contributed by atoms with Crippen LogP contribution in [0.1, 0.15) is 48.1 Å². The molecule has 0 aliphatic heterocycles. The Morgan fingerprint density at radius 2 is 1.54 bits per heavy atom. The number of sulfonamides is 1. The zero-order valence-electron chi connectivity index (χ0n) is 23.7. The van der Waals surface area contributed by atoms with Crippen LogP contribution in [0.3, 0.4) is 0 Å². The first kappa shape index (κ1) is 29.9. The largest absolute Gasteiger partial charge is 0.355 e. The number of carbonyl (C=O) groups is 2. The molecule has 8 heteroatoms. The Bertz CT molecular complexity index is 1420. The van der Waals surface area contributed by atoms with E-state index in [1.54, 1.807) is 36.4 Å². The predicted octanol–water partition coefficient (Wildman–Crippen LogP) is 5.06. The fourth-order valence-corrected chi connectivity index (χ4v) is 6.05. The highest BCUT2D eigenvalue weighted by Gasteiger charge is 2.34. The van der Waals surface area contributed by atoms with E-state index in [9.17, 15) is 18.0 Å². The van der Waals surface area contributed by atoms with Crippen molar-refractivity contribution in [3.05, 3.63) is 94.5 Å². The number of benzene rings is 3. The van der Waals surface area contributed by atoms with E-state index in [1.165, 1.54) is 9.21 Å². The van der Waals surface area contributed by atoms with Gasteiger partial charge in [0.2, 0.25) is 11.8 Å². The van der Waals surface area contributed by atoms with Gasteiger partial charge in [-0.1, -0.05) is 66.6 Å². The van der Waals surface area contributed by atoms with Crippen LogP contribution in [0.5, 0.6) is 0 Å². The van der Waals surface area contributed by atoms with Gasteiger partial charge in [-0.2, -0.15) is 0 Å². The number of hydrogen-bond acceptors (Lipinski definition) is 4. The molecule has 2 amide bonds. The van der Waals surface area contributed by atoms with Gasteiger partial charge in [0, 0.05) is 13.1 Å². The number of likely N-dealkylation sites (N-methyl/N-ethyl adjacent to an activating group) is 1. The van der Waals surface area contributed by atoms with Crippen LogP contribution in [0.25, 0.3) is 0 Å². The summed E-state index contributed by atoms with van der Waals surface area (Å²) in [6.07, 6.45) is 0.386. The van der Waals surface area contributed by atoms with Crippen molar-refractivity contribution in [3.8, 4) is 0 Å². The van der Waals surface area contributed by atoms with E-state index in [-0.39, 0.29) is 17.3 Å². The van der Waals surface area contributed by atoms with Crippen molar-refractivity contribution in [2.45, 2.75) is 65.4 Å². The molecule has 3 rings (SSSR count). The molecule has 0 spiro atoms. The van der Waals surface area contributed by atoms with Crippen molar-refractivity contribution in [2.75, 3.05) is 17.4 Å². The summed E-state index contributed by atoms with van der Waals surface area (Å²) in [6.45, 7) is 11.5. The SMILES string of the molecule is CCNC(=O)[C@H](CC)N(Cc1cccc(C)c1)C(=O)CN(c1cccc(C)c1C)S(=O)(=O)c1ccc(C)cc1. The maximum absolute atomic E-state index is 14.1. The van der Waals surface area contributed by atoms with Crippen molar-refractivity contribution in [1.29, 1.82) is 0 Å². The first-order valence-electron chi connectivity index (χ1n) is 13.3. The average Bonchev–Trinajstić information content (AvgIpc) is 2.89. The van der Waals surface area contributed by atoms with Crippen LogP contribution in [0.4, 0.5) is 5.69 Å². The second-order valence-corrected chi connectivity index (χ2v) is 11.7. The van der Waals surface area contributed by atoms with Crippen LogP contribution >= 0.6 is 0 Å². The molecule has 0 radical (unpaired) electrons.